The fourth-order valence-corrected chi connectivity index (χ4v) is 2.22. The van der Waals surface area contributed by atoms with Crippen molar-refractivity contribution in [2.24, 2.45) is 5.92 Å². The highest BCUT2D eigenvalue weighted by atomic mass is 35.5. The van der Waals surface area contributed by atoms with Gasteiger partial charge in [-0.1, -0.05) is 57.8 Å². The van der Waals surface area contributed by atoms with Crippen molar-refractivity contribution in [1.82, 2.24) is 5.32 Å². The standard InChI is InChI=1S/C16H26ClNO/c1-5-7-13(4)11-19-16-14(10-18-12(2)3)8-6-9-15(16)17/h6,8-9,12-13,18H,5,7,10-11H2,1-4H3. The van der Waals surface area contributed by atoms with Crippen LogP contribution in [0.4, 0.5) is 0 Å². The predicted molar refractivity (Wildman–Crippen MR) is 83.0 cm³/mol. The molecule has 0 bridgehead atoms. The molecule has 1 unspecified atom stereocenters. The van der Waals surface area contributed by atoms with E-state index >= 15 is 0 Å². The number of rotatable bonds is 8. The van der Waals surface area contributed by atoms with Crippen molar-refractivity contribution in [3.63, 3.8) is 0 Å². The third-order valence-corrected chi connectivity index (χ3v) is 3.34. The quantitative estimate of drug-likeness (QED) is 0.750. The Morgan fingerprint density at radius 2 is 2.00 bits per heavy atom. The van der Waals surface area contributed by atoms with Crippen molar-refractivity contribution >= 4 is 11.6 Å². The van der Waals surface area contributed by atoms with E-state index < -0.39 is 0 Å². The summed E-state index contributed by atoms with van der Waals surface area (Å²) in [5.74, 6) is 1.40. The second-order valence-corrected chi connectivity index (χ2v) is 5.88. The maximum atomic E-state index is 6.25. The lowest BCUT2D eigenvalue weighted by molar-refractivity contribution is 0.249. The third kappa shape index (κ3) is 5.84. The van der Waals surface area contributed by atoms with Gasteiger partial charge in [0, 0.05) is 18.2 Å². The molecule has 0 saturated heterocycles. The lowest BCUT2D eigenvalue weighted by Gasteiger charge is -2.17. The number of benzene rings is 1. The molecule has 19 heavy (non-hydrogen) atoms. The number of para-hydroxylation sites is 1. The van der Waals surface area contributed by atoms with Crippen molar-refractivity contribution in [2.45, 2.75) is 53.1 Å². The Morgan fingerprint density at radius 3 is 2.63 bits per heavy atom. The van der Waals surface area contributed by atoms with Crippen molar-refractivity contribution in [3.8, 4) is 5.75 Å². The predicted octanol–water partition coefficient (Wildman–Crippen LogP) is 4.65. The van der Waals surface area contributed by atoms with Gasteiger partial charge >= 0.3 is 0 Å². The number of ether oxygens (including phenoxy) is 1. The van der Waals surface area contributed by atoms with Crippen LogP contribution in [0.25, 0.3) is 0 Å². The van der Waals surface area contributed by atoms with E-state index in [0.29, 0.717) is 17.0 Å². The number of hydrogen-bond donors (Lipinski definition) is 1. The summed E-state index contributed by atoms with van der Waals surface area (Å²) in [6.45, 7) is 10.2. The zero-order chi connectivity index (χ0) is 14.3. The molecule has 0 radical (unpaired) electrons. The zero-order valence-corrected chi connectivity index (χ0v) is 13.3. The Bertz CT molecular complexity index is 379. The molecule has 0 fully saturated rings. The first-order valence-electron chi connectivity index (χ1n) is 7.18. The van der Waals surface area contributed by atoms with Crippen LogP contribution in [0.1, 0.15) is 46.1 Å². The Balaban J connectivity index is 2.68. The number of nitrogens with one attached hydrogen (secondary N) is 1. The van der Waals surface area contributed by atoms with Crippen LogP contribution in [0, 0.1) is 5.92 Å². The van der Waals surface area contributed by atoms with Crippen molar-refractivity contribution in [2.75, 3.05) is 6.61 Å². The fourth-order valence-electron chi connectivity index (χ4n) is 1.97. The molecule has 0 aliphatic carbocycles. The second kappa shape index (κ2) is 8.44. The summed E-state index contributed by atoms with van der Waals surface area (Å²) in [6.07, 6.45) is 2.37. The van der Waals surface area contributed by atoms with Gasteiger partial charge in [-0.15, -0.1) is 0 Å². The van der Waals surface area contributed by atoms with Gasteiger partial charge in [-0.05, 0) is 18.4 Å². The summed E-state index contributed by atoms with van der Waals surface area (Å²) in [5, 5.41) is 4.10. The van der Waals surface area contributed by atoms with Gasteiger partial charge in [0.25, 0.3) is 0 Å². The highest BCUT2D eigenvalue weighted by molar-refractivity contribution is 6.32. The van der Waals surface area contributed by atoms with Gasteiger partial charge in [0.05, 0.1) is 11.6 Å². The first-order chi connectivity index (χ1) is 9.04. The Labute approximate surface area is 122 Å². The van der Waals surface area contributed by atoms with Crippen LogP contribution >= 0.6 is 11.6 Å². The topological polar surface area (TPSA) is 21.3 Å². The molecule has 1 aromatic rings. The van der Waals surface area contributed by atoms with E-state index in [1.807, 2.05) is 12.1 Å². The summed E-state index contributed by atoms with van der Waals surface area (Å²) in [4.78, 5) is 0. The molecule has 0 aliphatic rings. The van der Waals surface area contributed by atoms with Crippen molar-refractivity contribution in [3.05, 3.63) is 28.8 Å². The molecule has 0 aliphatic heterocycles. The smallest absolute Gasteiger partial charge is 0.142 e. The lowest BCUT2D eigenvalue weighted by atomic mass is 10.1. The zero-order valence-electron chi connectivity index (χ0n) is 12.5. The van der Waals surface area contributed by atoms with Crippen LogP contribution in [0.15, 0.2) is 18.2 Å². The normalized spacial score (nSPS) is 12.7. The number of halogens is 1. The molecule has 2 nitrogen and oxygen atoms in total. The summed E-state index contributed by atoms with van der Waals surface area (Å²) in [5.41, 5.74) is 1.13. The number of hydrogen-bond acceptors (Lipinski definition) is 2. The van der Waals surface area contributed by atoms with Gasteiger partial charge in [-0.2, -0.15) is 0 Å². The van der Waals surface area contributed by atoms with E-state index in [0.717, 1.165) is 24.5 Å². The molecular weight excluding hydrogens is 258 g/mol. The lowest BCUT2D eigenvalue weighted by Crippen LogP contribution is -2.22. The fraction of sp³-hybridized carbons (Fsp3) is 0.625. The minimum absolute atomic E-state index is 0.450. The van der Waals surface area contributed by atoms with Gasteiger partial charge in [-0.25, -0.2) is 0 Å². The maximum Gasteiger partial charge on any atom is 0.142 e. The highest BCUT2D eigenvalue weighted by Crippen LogP contribution is 2.29. The average Bonchev–Trinajstić information content (AvgIpc) is 2.35. The molecule has 1 rings (SSSR count). The van der Waals surface area contributed by atoms with Crippen molar-refractivity contribution < 1.29 is 4.74 Å². The highest BCUT2D eigenvalue weighted by Gasteiger charge is 2.10. The second-order valence-electron chi connectivity index (χ2n) is 5.47. The van der Waals surface area contributed by atoms with Crippen LogP contribution in [0.5, 0.6) is 5.75 Å². The SMILES string of the molecule is CCCC(C)COc1c(Cl)cccc1CNC(C)C. The molecule has 1 atom stereocenters. The van der Waals surface area contributed by atoms with E-state index in [2.05, 4.69) is 39.1 Å². The van der Waals surface area contributed by atoms with E-state index in [4.69, 9.17) is 16.3 Å². The van der Waals surface area contributed by atoms with Crippen LogP contribution < -0.4 is 10.1 Å². The minimum atomic E-state index is 0.450. The van der Waals surface area contributed by atoms with Gasteiger partial charge in [-0.3, -0.25) is 0 Å². The first-order valence-corrected chi connectivity index (χ1v) is 7.56. The van der Waals surface area contributed by atoms with E-state index in [1.165, 1.54) is 12.8 Å². The summed E-state index contributed by atoms with van der Waals surface area (Å²) < 4.78 is 5.94. The van der Waals surface area contributed by atoms with Crippen LogP contribution in [-0.4, -0.2) is 12.6 Å². The molecule has 108 valence electrons. The summed E-state index contributed by atoms with van der Waals surface area (Å²) in [6, 6.07) is 6.38. The molecule has 0 amide bonds. The van der Waals surface area contributed by atoms with Gasteiger partial charge in [0.1, 0.15) is 5.75 Å². The van der Waals surface area contributed by atoms with E-state index in [9.17, 15) is 0 Å². The monoisotopic (exact) mass is 283 g/mol. The van der Waals surface area contributed by atoms with Crippen LogP contribution in [0.3, 0.4) is 0 Å². The maximum absolute atomic E-state index is 6.25. The third-order valence-electron chi connectivity index (χ3n) is 3.04. The van der Waals surface area contributed by atoms with Crippen LogP contribution in [-0.2, 0) is 6.54 Å². The Kier molecular flexibility index (Phi) is 7.25. The largest absolute Gasteiger partial charge is 0.491 e. The average molecular weight is 284 g/mol. The molecule has 0 spiro atoms. The summed E-state index contributed by atoms with van der Waals surface area (Å²) >= 11 is 6.25. The molecule has 0 aromatic heterocycles. The van der Waals surface area contributed by atoms with E-state index in [-0.39, 0.29) is 0 Å². The molecule has 0 heterocycles. The minimum Gasteiger partial charge on any atom is -0.491 e. The first kappa shape index (κ1) is 16.3. The molecular formula is C16H26ClNO. The summed E-state index contributed by atoms with van der Waals surface area (Å²) in [7, 11) is 0. The Morgan fingerprint density at radius 1 is 1.26 bits per heavy atom. The Hall–Kier alpha value is -0.730. The van der Waals surface area contributed by atoms with Crippen LogP contribution in [0.2, 0.25) is 5.02 Å². The molecule has 1 N–H and O–H groups in total. The van der Waals surface area contributed by atoms with Gasteiger partial charge in [0.2, 0.25) is 0 Å². The van der Waals surface area contributed by atoms with E-state index in [1.54, 1.807) is 0 Å². The van der Waals surface area contributed by atoms with Gasteiger partial charge in [0.15, 0.2) is 0 Å². The molecule has 3 heteroatoms. The molecule has 1 aromatic carbocycles. The van der Waals surface area contributed by atoms with Crippen molar-refractivity contribution in [1.29, 1.82) is 0 Å². The molecule has 0 saturated carbocycles. The van der Waals surface area contributed by atoms with Gasteiger partial charge < -0.3 is 10.1 Å².